The molecule has 1 rings (SSSR count). The predicted octanol–water partition coefficient (Wildman–Crippen LogP) is 2.10. The van der Waals surface area contributed by atoms with Crippen LogP contribution in [0.5, 0.6) is 0 Å². The van der Waals surface area contributed by atoms with Crippen molar-refractivity contribution in [3.8, 4) is 0 Å². The molecule has 1 aliphatic rings. The highest BCUT2D eigenvalue weighted by Gasteiger charge is 1.94. The average molecular weight is 170 g/mol. The zero-order valence-electron chi connectivity index (χ0n) is 8.08. The van der Waals surface area contributed by atoms with Crippen LogP contribution in [0.2, 0.25) is 0 Å². The summed E-state index contributed by atoms with van der Waals surface area (Å²) in [5.74, 6) is 0. The Labute approximate surface area is 74.6 Å². The van der Waals surface area contributed by atoms with Crippen molar-refractivity contribution in [2.75, 3.05) is 7.11 Å². The summed E-state index contributed by atoms with van der Waals surface area (Å²) in [5, 5.41) is 7.00. The zero-order valence-corrected chi connectivity index (χ0v) is 8.08. The molecule has 0 aliphatic heterocycles. The van der Waals surface area contributed by atoms with E-state index in [-0.39, 0.29) is 0 Å². The van der Waals surface area contributed by atoms with Crippen LogP contribution in [0.15, 0.2) is 23.8 Å². The molecule has 12 heavy (non-hydrogen) atoms. The summed E-state index contributed by atoms with van der Waals surface area (Å²) in [7, 11) is 1.00. The maximum Gasteiger partial charge on any atom is 0.146 e. The van der Waals surface area contributed by atoms with Gasteiger partial charge < -0.3 is 5.11 Å². The molecule has 0 spiro atoms. The molecular formula is C10H18O2. The molecule has 0 saturated heterocycles. The fraction of sp³-hybridized carbons (Fsp3) is 0.500. The van der Waals surface area contributed by atoms with Crippen molar-refractivity contribution in [2.45, 2.75) is 26.7 Å². The summed E-state index contributed by atoms with van der Waals surface area (Å²) in [5.41, 5.74) is 0.910. The Bertz CT molecular complexity index is 146. The van der Waals surface area contributed by atoms with Gasteiger partial charge in [0.05, 0.1) is 0 Å². The van der Waals surface area contributed by atoms with E-state index < -0.39 is 0 Å². The third-order valence-electron chi connectivity index (χ3n) is 1.20. The molecule has 0 heterocycles. The van der Waals surface area contributed by atoms with Gasteiger partial charge in [-0.1, -0.05) is 32.1 Å². The van der Waals surface area contributed by atoms with E-state index in [1.807, 2.05) is 26.0 Å². The summed E-state index contributed by atoms with van der Waals surface area (Å²) in [6.07, 6.45) is 8.70. The van der Waals surface area contributed by atoms with E-state index in [1.54, 1.807) is 0 Å². The first-order valence-corrected chi connectivity index (χ1v) is 4.19. The number of rotatable bonds is 1. The van der Waals surface area contributed by atoms with Gasteiger partial charge in [-0.2, -0.15) is 0 Å². The van der Waals surface area contributed by atoms with E-state index in [0.717, 1.165) is 31.8 Å². The number of aldehydes is 1. The second kappa shape index (κ2) is 12.8. The fourth-order valence-electron chi connectivity index (χ4n) is 0.719. The van der Waals surface area contributed by atoms with Crippen LogP contribution in [0.4, 0.5) is 0 Å². The first kappa shape index (κ1) is 13.7. The van der Waals surface area contributed by atoms with E-state index in [2.05, 4.69) is 6.08 Å². The minimum absolute atomic E-state index is 0.910. The molecule has 0 aromatic carbocycles. The minimum atomic E-state index is 0.910. The van der Waals surface area contributed by atoms with E-state index in [4.69, 9.17) is 5.11 Å². The number of hydrogen-bond donors (Lipinski definition) is 1. The van der Waals surface area contributed by atoms with Gasteiger partial charge >= 0.3 is 0 Å². The lowest BCUT2D eigenvalue weighted by Gasteiger charge is -1.97. The molecule has 0 amide bonds. The Morgan fingerprint density at radius 2 is 2.00 bits per heavy atom. The van der Waals surface area contributed by atoms with Crippen LogP contribution in [0, 0.1) is 0 Å². The third-order valence-corrected chi connectivity index (χ3v) is 1.20. The summed E-state index contributed by atoms with van der Waals surface area (Å²) in [4.78, 5) is 10.1. The maximum absolute atomic E-state index is 10.1. The summed E-state index contributed by atoms with van der Waals surface area (Å²) < 4.78 is 0. The highest BCUT2D eigenvalue weighted by Crippen LogP contribution is 2.07. The quantitative estimate of drug-likeness (QED) is 0.612. The van der Waals surface area contributed by atoms with Crippen LogP contribution < -0.4 is 0 Å². The van der Waals surface area contributed by atoms with Gasteiger partial charge in [-0.05, 0) is 18.4 Å². The number of hydrogen-bond acceptors (Lipinski definition) is 2. The Balaban J connectivity index is 0. The fourth-order valence-corrected chi connectivity index (χ4v) is 0.719. The van der Waals surface area contributed by atoms with Gasteiger partial charge in [0.15, 0.2) is 0 Å². The molecule has 1 N–H and O–H groups in total. The second-order valence-corrected chi connectivity index (χ2v) is 1.83. The van der Waals surface area contributed by atoms with Crippen molar-refractivity contribution < 1.29 is 9.90 Å². The molecule has 1 aliphatic carbocycles. The molecule has 70 valence electrons. The molecule has 0 bridgehead atoms. The van der Waals surface area contributed by atoms with E-state index in [9.17, 15) is 4.79 Å². The largest absolute Gasteiger partial charge is 0.400 e. The predicted molar refractivity (Wildman–Crippen MR) is 52.0 cm³/mol. The first-order valence-electron chi connectivity index (χ1n) is 4.19. The van der Waals surface area contributed by atoms with Crippen LogP contribution in [0.25, 0.3) is 0 Å². The number of carbonyl (C=O) groups excluding carboxylic acids is 1. The normalized spacial score (nSPS) is 12.8. The van der Waals surface area contributed by atoms with Gasteiger partial charge in [0, 0.05) is 7.11 Å². The van der Waals surface area contributed by atoms with Crippen molar-refractivity contribution >= 4 is 6.29 Å². The number of aliphatic hydroxyl groups is 1. The molecule has 0 saturated carbocycles. The first-order chi connectivity index (χ1) is 5.93. The average Bonchev–Trinajstić information content (AvgIpc) is 2.25. The van der Waals surface area contributed by atoms with Gasteiger partial charge in [0.2, 0.25) is 0 Å². The topological polar surface area (TPSA) is 37.3 Å². The molecule has 0 aromatic rings. The molecule has 0 atom stereocenters. The van der Waals surface area contributed by atoms with Crippen LogP contribution >= 0.6 is 0 Å². The Morgan fingerprint density at radius 1 is 1.42 bits per heavy atom. The summed E-state index contributed by atoms with van der Waals surface area (Å²) in [6, 6.07) is 0. The van der Waals surface area contributed by atoms with Gasteiger partial charge in [0.25, 0.3) is 0 Å². The Morgan fingerprint density at radius 3 is 2.25 bits per heavy atom. The minimum Gasteiger partial charge on any atom is -0.400 e. The number of carbonyl (C=O) groups is 1. The molecule has 0 unspecified atom stereocenters. The smallest absolute Gasteiger partial charge is 0.146 e. The van der Waals surface area contributed by atoms with Crippen molar-refractivity contribution in [3.05, 3.63) is 23.8 Å². The standard InChI is InChI=1S/C7H8O.C2H6.CH4O/c8-6-7-4-2-1-3-5-7;2*1-2/h1-2,4,6H,3,5H2;1-2H3;2H,1H3. The van der Waals surface area contributed by atoms with E-state index in [0.29, 0.717) is 0 Å². The molecule has 2 nitrogen and oxygen atoms in total. The second-order valence-electron chi connectivity index (χ2n) is 1.83. The van der Waals surface area contributed by atoms with Crippen molar-refractivity contribution in [1.82, 2.24) is 0 Å². The molecular weight excluding hydrogens is 152 g/mol. The molecule has 0 fully saturated rings. The Kier molecular flexibility index (Phi) is 14.5. The number of allylic oxidation sites excluding steroid dienone is 4. The Hall–Kier alpha value is -0.890. The van der Waals surface area contributed by atoms with Crippen molar-refractivity contribution in [2.24, 2.45) is 0 Å². The molecule has 0 aromatic heterocycles. The highest BCUT2D eigenvalue weighted by atomic mass is 16.2. The van der Waals surface area contributed by atoms with Gasteiger partial charge in [-0.15, -0.1) is 0 Å². The van der Waals surface area contributed by atoms with Crippen LogP contribution in [-0.4, -0.2) is 18.5 Å². The van der Waals surface area contributed by atoms with Crippen molar-refractivity contribution in [3.63, 3.8) is 0 Å². The van der Waals surface area contributed by atoms with Crippen LogP contribution in [-0.2, 0) is 4.79 Å². The summed E-state index contributed by atoms with van der Waals surface area (Å²) in [6.45, 7) is 4.00. The monoisotopic (exact) mass is 170 g/mol. The number of aliphatic hydroxyl groups excluding tert-OH is 1. The van der Waals surface area contributed by atoms with Crippen LogP contribution in [0.1, 0.15) is 26.7 Å². The van der Waals surface area contributed by atoms with Crippen molar-refractivity contribution in [1.29, 1.82) is 0 Å². The molecule has 2 heteroatoms. The van der Waals surface area contributed by atoms with Crippen LogP contribution in [0.3, 0.4) is 0 Å². The SMILES string of the molecule is CC.CO.O=CC1=CC=CCC1. The van der Waals surface area contributed by atoms with E-state index >= 15 is 0 Å². The third kappa shape index (κ3) is 7.22. The highest BCUT2D eigenvalue weighted by molar-refractivity contribution is 5.74. The lowest BCUT2D eigenvalue weighted by atomic mass is 10.1. The maximum atomic E-state index is 10.1. The van der Waals surface area contributed by atoms with Gasteiger partial charge in [-0.3, -0.25) is 4.79 Å². The summed E-state index contributed by atoms with van der Waals surface area (Å²) >= 11 is 0. The molecule has 0 radical (unpaired) electrons. The van der Waals surface area contributed by atoms with Gasteiger partial charge in [-0.25, -0.2) is 0 Å². The zero-order chi connectivity index (χ0) is 9.82. The van der Waals surface area contributed by atoms with Gasteiger partial charge in [0.1, 0.15) is 6.29 Å². The lowest BCUT2D eigenvalue weighted by molar-refractivity contribution is -0.105. The lowest BCUT2D eigenvalue weighted by Crippen LogP contribution is -1.86. The van der Waals surface area contributed by atoms with E-state index in [1.165, 1.54) is 0 Å².